The zero-order valence-corrected chi connectivity index (χ0v) is 10.7. The number of ether oxygens (including phenoxy) is 1. The summed E-state index contributed by atoms with van der Waals surface area (Å²) in [4.78, 5) is 10.8. The summed E-state index contributed by atoms with van der Waals surface area (Å²) in [7, 11) is 0.548. The minimum Gasteiger partial charge on any atom is -0.478 e. The van der Waals surface area contributed by atoms with Crippen molar-refractivity contribution in [1.29, 1.82) is 0 Å². The van der Waals surface area contributed by atoms with Crippen LogP contribution in [0.25, 0.3) is 0 Å². The lowest BCUT2D eigenvalue weighted by Gasteiger charge is -1.99. The van der Waals surface area contributed by atoms with E-state index in [0.29, 0.717) is 30.3 Å². The molecular weight excluding hydrogens is 244 g/mol. The van der Waals surface area contributed by atoms with E-state index >= 15 is 0 Å². The Kier molecular flexibility index (Phi) is 5.37. The average molecular weight is 260 g/mol. The summed E-state index contributed by atoms with van der Waals surface area (Å²) in [5.74, 6) is 0.549. The predicted molar refractivity (Wildman–Crippen MR) is 63.6 cm³/mol. The molecule has 1 aromatic rings. The van der Waals surface area contributed by atoms with E-state index in [1.54, 1.807) is 14.0 Å². The summed E-state index contributed by atoms with van der Waals surface area (Å²) in [5, 5.41) is 8.83. The predicted octanol–water partition coefficient (Wildman–Crippen LogP) is 1.57. The molecule has 0 aliphatic heterocycles. The fourth-order valence-electron chi connectivity index (χ4n) is 1.42. The van der Waals surface area contributed by atoms with Crippen molar-refractivity contribution in [2.24, 2.45) is 0 Å². The quantitative estimate of drug-likeness (QED) is 0.753. The second-order valence-electron chi connectivity index (χ2n) is 3.62. The van der Waals surface area contributed by atoms with Gasteiger partial charge in [0.2, 0.25) is 0 Å². The average Bonchev–Trinajstić information content (AvgIpc) is 2.60. The van der Waals surface area contributed by atoms with Gasteiger partial charge in [0.05, 0.1) is 5.75 Å². The number of hydrogen-bond donors (Lipinski definition) is 1. The summed E-state index contributed by atoms with van der Waals surface area (Å²) < 4.78 is 21.7. The van der Waals surface area contributed by atoms with E-state index in [1.807, 2.05) is 0 Å². The lowest BCUT2D eigenvalue weighted by molar-refractivity contribution is 0.0695. The Morgan fingerprint density at radius 3 is 2.82 bits per heavy atom. The maximum atomic E-state index is 11.6. The maximum absolute atomic E-state index is 11.6. The van der Waals surface area contributed by atoms with E-state index in [-0.39, 0.29) is 11.3 Å². The van der Waals surface area contributed by atoms with Gasteiger partial charge < -0.3 is 14.3 Å². The minimum absolute atomic E-state index is 0.133. The highest BCUT2D eigenvalue weighted by Crippen LogP contribution is 2.16. The van der Waals surface area contributed by atoms with Crippen molar-refractivity contribution in [2.45, 2.75) is 19.1 Å². The van der Waals surface area contributed by atoms with Gasteiger partial charge in [0, 0.05) is 30.3 Å². The van der Waals surface area contributed by atoms with E-state index in [1.165, 1.54) is 6.07 Å². The van der Waals surface area contributed by atoms with Gasteiger partial charge in [0.1, 0.15) is 17.1 Å². The first-order chi connectivity index (χ1) is 8.04. The van der Waals surface area contributed by atoms with Crippen LogP contribution in [0.3, 0.4) is 0 Å². The number of aryl methyl sites for hydroxylation is 1. The highest BCUT2D eigenvalue weighted by atomic mass is 32.2. The third-order valence-corrected chi connectivity index (χ3v) is 3.57. The van der Waals surface area contributed by atoms with Gasteiger partial charge in [-0.3, -0.25) is 4.21 Å². The monoisotopic (exact) mass is 260 g/mol. The number of carbonyl (C=O) groups is 1. The molecule has 0 saturated carbocycles. The standard InChI is InChI=1S/C11H16O5S/c1-8-10(11(12)13)6-9(16-8)7-17(14)5-3-4-15-2/h6H,3-5,7H2,1-2H3,(H,12,13). The fraction of sp³-hybridized carbons (Fsp3) is 0.545. The van der Waals surface area contributed by atoms with Crippen LogP contribution in [-0.4, -0.2) is 34.8 Å². The highest BCUT2D eigenvalue weighted by Gasteiger charge is 2.15. The molecule has 1 rings (SSSR count). The van der Waals surface area contributed by atoms with Crippen molar-refractivity contribution >= 4 is 16.8 Å². The number of rotatable bonds is 7. The molecule has 1 unspecified atom stereocenters. The van der Waals surface area contributed by atoms with Crippen molar-refractivity contribution in [3.63, 3.8) is 0 Å². The van der Waals surface area contributed by atoms with Gasteiger partial charge in [-0.15, -0.1) is 0 Å². The molecule has 1 atom stereocenters. The van der Waals surface area contributed by atoms with Crippen molar-refractivity contribution < 1.29 is 23.3 Å². The summed E-state index contributed by atoms with van der Waals surface area (Å²) in [6.45, 7) is 2.16. The molecule has 0 radical (unpaired) electrons. The first-order valence-corrected chi connectivity index (χ1v) is 6.70. The summed E-state index contributed by atoms with van der Waals surface area (Å²) in [5.41, 5.74) is 0.133. The van der Waals surface area contributed by atoms with Gasteiger partial charge in [0.25, 0.3) is 0 Å². The molecule has 0 fully saturated rings. The molecule has 0 saturated heterocycles. The molecule has 0 aliphatic rings. The van der Waals surface area contributed by atoms with Crippen LogP contribution in [0.2, 0.25) is 0 Å². The molecule has 0 spiro atoms. The second kappa shape index (κ2) is 6.56. The Balaban J connectivity index is 2.54. The van der Waals surface area contributed by atoms with Crippen molar-refractivity contribution in [1.82, 2.24) is 0 Å². The van der Waals surface area contributed by atoms with Crippen LogP contribution in [0.15, 0.2) is 10.5 Å². The smallest absolute Gasteiger partial charge is 0.339 e. The summed E-state index contributed by atoms with van der Waals surface area (Å²) >= 11 is 0. The van der Waals surface area contributed by atoms with Crippen molar-refractivity contribution in [3.05, 3.63) is 23.2 Å². The number of carboxylic acids is 1. The van der Waals surface area contributed by atoms with E-state index < -0.39 is 16.8 Å². The van der Waals surface area contributed by atoms with E-state index in [4.69, 9.17) is 14.3 Å². The Bertz CT molecular complexity index is 410. The molecular formula is C11H16O5S. The second-order valence-corrected chi connectivity index (χ2v) is 5.20. The third kappa shape index (κ3) is 4.32. The Morgan fingerprint density at radius 1 is 1.59 bits per heavy atom. The Morgan fingerprint density at radius 2 is 2.29 bits per heavy atom. The third-order valence-electron chi connectivity index (χ3n) is 2.22. The fourth-order valence-corrected chi connectivity index (χ4v) is 2.47. The molecule has 17 heavy (non-hydrogen) atoms. The van der Waals surface area contributed by atoms with Crippen LogP contribution >= 0.6 is 0 Å². The molecule has 0 aliphatic carbocycles. The number of carboxylic acid groups (broad SMARTS) is 1. The lowest BCUT2D eigenvalue weighted by atomic mass is 10.2. The Hall–Kier alpha value is -1.14. The Labute approximate surface area is 102 Å². The topological polar surface area (TPSA) is 76.7 Å². The van der Waals surface area contributed by atoms with Gasteiger partial charge in [-0.2, -0.15) is 0 Å². The molecule has 5 nitrogen and oxygen atoms in total. The molecule has 0 bridgehead atoms. The van der Waals surface area contributed by atoms with Crippen molar-refractivity contribution in [3.8, 4) is 0 Å². The van der Waals surface area contributed by atoms with E-state index in [0.717, 1.165) is 0 Å². The molecule has 1 aromatic heterocycles. The molecule has 0 amide bonds. The maximum Gasteiger partial charge on any atom is 0.339 e. The molecule has 1 heterocycles. The SMILES string of the molecule is COCCCS(=O)Cc1cc(C(=O)O)c(C)o1. The minimum atomic E-state index is -1.05. The van der Waals surface area contributed by atoms with Gasteiger partial charge in [-0.25, -0.2) is 4.79 Å². The van der Waals surface area contributed by atoms with Crippen LogP contribution in [0.5, 0.6) is 0 Å². The molecule has 1 N–H and O–H groups in total. The number of furan rings is 1. The zero-order valence-electron chi connectivity index (χ0n) is 9.89. The number of aromatic carboxylic acids is 1. The van der Waals surface area contributed by atoms with Crippen LogP contribution in [0.4, 0.5) is 0 Å². The normalized spacial score (nSPS) is 12.6. The summed E-state index contributed by atoms with van der Waals surface area (Å²) in [6, 6.07) is 1.44. The first kappa shape index (κ1) is 13.9. The lowest BCUT2D eigenvalue weighted by Crippen LogP contribution is -2.03. The summed E-state index contributed by atoms with van der Waals surface area (Å²) in [6.07, 6.45) is 0.717. The number of hydrogen-bond acceptors (Lipinski definition) is 4. The van der Waals surface area contributed by atoms with Crippen LogP contribution < -0.4 is 0 Å². The first-order valence-electron chi connectivity index (χ1n) is 5.21. The van der Waals surface area contributed by atoms with Crippen LogP contribution in [-0.2, 0) is 21.3 Å². The van der Waals surface area contributed by atoms with E-state index in [2.05, 4.69) is 0 Å². The van der Waals surface area contributed by atoms with E-state index in [9.17, 15) is 9.00 Å². The zero-order chi connectivity index (χ0) is 12.8. The van der Waals surface area contributed by atoms with Crippen LogP contribution in [0, 0.1) is 6.92 Å². The van der Waals surface area contributed by atoms with Gasteiger partial charge >= 0.3 is 5.97 Å². The largest absolute Gasteiger partial charge is 0.478 e. The van der Waals surface area contributed by atoms with Gasteiger partial charge in [-0.05, 0) is 19.4 Å². The molecule has 96 valence electrons. The van der Waals surface area contributed by atoms with Gasteiger partial charge in [-0.1, -0.05) is 0 Å². The molecule has 0 aromatic carbocycles. The number of methoxy groups -OCH3 is 1. The van der Waals surface area contributed by atoms with Crippen LogP contribution in [0.1, 0.15) is 28.3 Å². The van der Waals surface area contributed by atoms with Gasteiger partial charge in [0.15, 0.2) is 0 Å². The highest BCUT2D eigenvalue weighted by molar-refractivity contribution is 7.84. The van der Waals surface area contributed by atoms with Crippen molar-refractivity contribution in [2.75, 3.05) is 19.5 Å². The molecule has 6 heteroatoms.